The number of carbonyl (C=O) groups is 3. The second-order valence-corrected chi connectivity index (χ2v) is 9.59. The molecule has 156 valence electrons. The summed E-state index contributed by atoms with van der Waals surface area (Å²) in [4.78, 5) is 38.8. The van der Waals surface area contributed by atoms with Crippen LogP contribution in [0.15, 0.2) is 52.3 Å². The van der Waals surface area contributed by atoms with Crippen LogP contribution in [-0.4, -0.2) is 50.7 Å². The third kappa shape index (κ3) is 3.52. The van der Waals surface area contributed by atoms with Crippen molar-refractivity contribution in [1.82, 2.24) is 4.90 Å². The molecule has 8 heteroatoms. The Balaban J connectivity index is 1.54. The fraction of sp³-hybridized carbons (Fsp3) is 0.318. The van der Waals surface area contributed by atoms with Crippen molar-refractivity contribution < 1.29 is 27.5 Å². The summed E-state index contributed by atoms with van der Waals surface area (Å²) in [7, 11) is -3.95. The second kappa shape index (κ2) is 7.68. The van der Waals surface area contributed by atoms with Crippen molar-refractivity contribution in [2.75, 3.05) is 19.7 Å². The average molecular weight is 427 g/mol. The highest BCUT2D eigenvalue weighted by Crippen LogP contribution is 2.34. The number of fused-ring (bicyclic) bond motifs is 2. The fourth-order valence-corrected chi connectivity index (χ4v) is 5.61. The smallest absolute Gasteiger partial charge is 0.338 e. The topological polar surface area (TPSA) is 97.8 Å². The van der Waals surface area contributed by atoms with Crippen LogP contribution in [-0.2, 0) is 19.4 Å². The zero-order valence-electron chi connectivity index (χ0n) is 16.5. The van der Waals surface area contributed by atoms with E-state index in [4.69, 9.17) is 4.74 Å². The molecule has 30 heavy (non-hydrogen) atoms. The first-order valence-electron chi connectivity index (χ1n) is 9.77. The van der Waals surface area contributed by atoms with Crippen molar-refractivity contribution in [2.45, 2.75) is 29.6 Å². The minimum Gasteiger partial charge on any atom is -0.452 e. The van der Waals surface area contributed by atoms with Crippen molar-refractivity contribution in [3.63, 3.8) is 0 Å². The maximum absolute atomic E-state index is 13.0. The molecule has 1 saturated heterocycles. The normalized spacial score (nSPS) is 19.6. The summed E-state index contributed by atoms with van der Waals surface area (Å²) in [6.07, 6.45) is 1.98. The predicted octanol–water partition coefficient (Wildman–Crippen LogP) is 2.48. The number of hydrogen-bond acceptors (Lipinski definition) is 6. The van der Waals surface area contributed by atoms with Gasteiger partial charge in [0.25, 0.3) is 5.91 Å². The lowest BCUT2D eigenvalue weighted by molar-refractivity contribution is -0.136. The number of amides is 1. The summed E-state index contributed by atoms with van der Waals surface area (Å²) >= 11 is 0. The van der Waals surface area contributed by atoms with Gasteiger partial charge in [0.2, 0.25) is 9.84 Å². The van der Waals surface area contributed by atoms with Crippen molar-refractivity contribution >= 4 is 27.5 Å². The molecule has 0 saturated carbocycles. The van der Waals surface area contributed by atoms with E-state index in [1.807, 2.05) is 0 Å². The van der Waals surface area contributed by atoms with E-state index in [0.29, 0.717) is 19.0 Å². The Morgan fingerprint density at radius 1 is 1.10 bits per heavy atom. The van der Waals surface area contributed by atoms with Crippen molar-refractivity contribution in [1.29, 1.82) is 0 Å². The second-order valence-electron chi connectivity index (χ2n) is 7.70. The standard InChI is InChI=1S/C22H21NO6S/c1-14-5-4-10-23(12-14)20(24)13-29-22(26)15-8-9-17-19(11-15)30(27,28)18-7-3-2-6-16(18)21(17)25/h2-3,6-9,11,14H,4-5,10,12-13H2,1H3. The van der Waals surface area contributed by atoms with Crippen LogP contribution >= 0.6 is 0 Å². The van der Waals surface area contributed by atoms with Gasteiger partial charge in [0.1, 0.15) is 0 Å². The largest absolute Gasteiger partial charge is 0.452 e. The molecule has 0 aromatic heterocycles. The number of likely N-dealkylation sites (tertiary alicyclic amines) is 1. The van der Waals surface area contributed by atoms with Crippen molar-refractivity contribution in [2.24, 2.45) is 5.92 Å². The lowest BCUT2D eigenvalue weighted by atomic mass is 10.0. The van der Waals surface area contributed by atoms with Gasteiger partial charge in [-0.15, -0.1) is 0 Å². The number of esters is 1. The first-order valence-corrected chi connectivity index (χ1v) is 11.2. The third-order valence-electron chi connectivity index (χ3n) is 5.51. The van der Waals surface area contributed by atoms with Gasteiger partial charge in [0, 0.05) is 24.2 Å². The number of sulfone groups is 1. The molecule has 0 bridgehead atoms. The first kappa shape index (κ1) is 20.3. The van der Waals surface area contributed by atoms with Crippen LogP contribution in [0.3, 0.4) is 0 Å². The third-order valence-corrected chi connectivity index (χ3v) is 7.36. The molecule has 2 aliphatic heterocycles. The Hall–Kier alpha value is -3.00. The molecule has 0 spiro atoms. The lowest BCUT2D eigenvalue weighted by Gasteiger charge is -2.30. The number of piperidine rings is 1. The highest BCUT2D eigenvalue weighted by atomic mass is 32.2. The molecule has 2 aromatic rings. The van der Waals surface area contributed by atoms with Gasteiger partial charge in [0.15, 0.2) is 12.4 Å². The Morgan fingerprint density at radius 3 is 2.60 bits per heavy atom. The van der Waals surface area contributed by atoms with Crippen molar-refractivity contribution in [3.05, 3.63) is 59.2 Å². The molecule has 4 rings (SSSR count). The molecule has 0 N–H and O–H groups in total. The Morgan fingerprint density at radius 2 is 1.83 bits per heavy atom. The molecule has 0 aliphatic carbocycles. The van der Waals surface area contributed by atoms with Gasteiger partial charge in [-0.05, 0) is 49.1 Å². The zero-order valence-corrected chi connectivity index (χ0v) is 17.3. The van der Waals surface area contributed by atoms with E-state index in [9.17, 15) is 22.8 Å². The van der Waals surface area contributed by atoms with E-state index in [1.54, 1.807) is 17.0 Å². The Bertz CT molecular complexity index is 1150. The van der Waals surface area contributed by atoms with Crippen LogP contribution in [0.25, 0.3) is 0 Å². The monoisotopic (exact) mass is 427 g/mol. The molecule has 1 fully saturated rings. The van der Waals surface area contributed by atoms with Gasteiger partial charge in [0.05, 0.1) is 15.4 Å². The maximum atomic E-state index is 13.0. The number of carbonyl (C=O) groups excluding carboxylic acids is 3. The molecule has 2 aromatic carbocycles. The summed E-state index contributed by atoms with van der Waals surface area (Å²) in [6, 6.07) is 9.78. The van der Waals surface area contributed by atoms with Gasteiger partial charge in [-0.25, -0.2) is 13.2 Å². The Kier molecular flexibility index (Phi) is 5.19. The number of hydrogen-bond donors (Lipinski definition) is 0. The SMILES string of the molecule is CC1CCCN(C(=O)COC(=O)c2ccc3c(c2)S(=O)(=O)c2ccccc2C3=O)C1. The summed E-state index contributed by atoms with van der Waals surface area (Å²) in [5.41, 5.74) is 0.106. The molecular weight excluding hydrogens is 406 g/mol. The van der Waals surface area contributed by atoms with Crippen LogP contribution in [0.5, 0.6) is 0 Å². The number of nitrogens with zero attached hydrogens (tertiary/aromatic N) is 1. The van der Waals surface area contributed by atoms with Crippen LogP contribution in [0.2, 0.25) is 0 Å². The Labute approximate surface area is 174 Å². The van der Waals surface area contributed by atoms with E-state index in [0.717, 1.165) is 18.9 Å². The van der Waals surface area contributed by atoms with Crippen LogP contribution in [0.1, 0.15) is 46.0 Å². The zero-order chi connectivity index (χ0) is 21.5. The average Bonchev–Trinajstić information content (AvgIpc) is 2.75. The molecule has 2 heterocycles. The summed E-state index contributed by atoms with van der Waals surface area (Å²) in [6.45, 7) is 2.93. The minimum absolute atomic E-state index is 0.0173. The van der Waals surface area contributed by atoms with E-state index >= 15 is 0 Å². The summed E-state index contributed by atoms with van der Waals surface area (Å²) in [5.74, 6) is -1.09. The number of ketones is 1. The lowest BCUT2D eigenvalue weighted by Crippen LogP contribution is -2.41. The quantitative estimate of drug-likeness (QED) is 0.596. The maximum Gasteiger partial charge on any atom is 0.338 e. The molecule has 7 nitrogen and oxygen atoms in total. The molecule has 2 aliphatic rings. The summed E-state index contributed by atoms with van der Waals surface area (Å²) < 4.78 is 31.0. The summed E-state index contributed by atoms with van der Waals surface area (Å²) in [5, 5.41) is 0. The van der Waals surface area contributed by atoms with Gasteiger partial charge >= 0.3 is 5.97 Å². The highest BCUT2D eigenvalue weighted by molar-refractivity contribution is 7.91. The molecule has 0 radical (unpaired) electrons. The first-order chi connectivity index (χ1) is 14.3. The van der Waals surface area contributed by atoms with E-state index in [-0.39, 0.29) is 32.4 Å². The van der Waals surface area contributed by atoms with Gasteiger partial charge in [-0.3, -0.25) is 9.59 Å². The van der Waals surface area contributed by atoms with Crippen molar-refractivity contribution in [3.8, 4) is 0 Å². The number of ether oxygens (including phenoxy) is 1. The molecule has 1 atom stereocenters. The van der Waals surface area contributed by atoms with E-state index in [2.05, 4.69) is 6.92 Å². The highest BCUT2D eigenvalue weighted by Gasteiger charge is 2.35. The number of rotatable bonds is 3. The van der Waals surface area contributed by atoms with Gasteiger partial charge in [-0.1, -0.05) is 19.1 Å². The fourth-order valence-electron chi connectivity index (χ4n) is 3.93. The molecule has 1 amide bonds. The minimum atomic E-state index is -3.95. The van der Waals surface area contributed by atoms with Gasteiger partial charge in [-0.2, -0.15) is 0 Å². The van der Waals surface area contributed by atoms with Crippen LogP contribution in [0.4, 0.5) is 0 Å². The number of benzene rings is 2. The van der Waals surface area contributed by atoms with E-state index in [1.165, 1.54) is 24.3 Å². The molecule has 1 unspecified atom stereocenters. The van der Waals surface area contributed by atoms with E-state index < -0.39 is 28.2 Å². The van der Waals surface area contributed by atoms with Crippen LogP contribution < -0.4 is 0 Å². The molecular formula is C22H21NO6S. The van der Waals surface area contributed by atoms with Crippen LogP contribution in [0, 0.1) is 5.92 Å². The predicted molar refractivity (Wildman–Crippen MR) is 107 cm³/mol. The van der Waals surface area contributed by atoms with Gasteiger partial charge < -0.3 is 9.64 Å².